The summed E-state index contributed by atoms with van der Waals surface area (Å²) in [5.74, 6) is -0.879. The Hall–Kier alpha value is -2.49. The van der Waals surface area contributed by atoms with Crippen molar-refractivity contribution in [3.63, 3.8) is 0 Å². The van der Waals surface area contributed by atoms with Crippen molar-refractivity contribution in [3.05, 3.63) is 12.2 Å². The molecule has 1 atom stereocenters. The fourth-order valence-electron chi connectivity index (χ4n) is 2.59. The highest BCUT2D eigenvalue weighted by molar-refractivity contribution is 6.12. The highest BCUT2D eigenvalue weighted by Gasteiger charge is 2.28. The molecule has 0 saturated carbocycles. The number of Topliss-reactive ketones (excluding diaryl/α,β-unsaturated/α-hetero) is 1. The molecule has 0 aromatic heterocycles. The minimum absolute atomic E-state index is 0.0571. The normalized spacial score (nSPS) is 14.5. The number of unbranched alkanes of at least 4 members (excludes halogenated alkanes) is 2. The minimum atomic E-state index is -1.03. The Morgan fingerprint density at radius 2 is 1.02 bits per heavy atom. The number of rotatable bonds is 35. The second kappa shape index (κ2) is 28.7. The zero-order valence-electron chi connectivity index (χ0n) is 23.1. The van der Waals surface area contributed by atoms with Gasteiger partial charge in [0.2, 0.25) is 0 Å². The molecule has 46 heavy (non-hydrogen) atoms. The van der Waals surface area contributed by atoms with Gasteiger partial charge in [0.1, 0.15) is 5.78 Å². The lowest BCUT2D eigenvalue weighted by atomic mass is 9.85. The van der Waals surface area contributed by atoms with Gasteiger partial charge in [-0.15, -0.1) is 0 Å². The number of nitrogens with zero attached hydrogens (tertiary/aromatic N) is 1. The van der Waals surface area contributed by atoms with Crippen LogP contribution in [0.25, 0.3) is 0 Å². The molecular weight excluding hydrogens is 670 g/mol. The lowest BCUT2D eigenvalue weighted by molar-refractivity contribution is -0.900. The summed E-state index contributed by atoms with van der Waals surface area (Å²) in [5.41, 5.74) is -1.03. The maximum atomic E-state index is 12.2. The minimum Gasteiger partial charge on any atom is -0.396 e. The average Bonchev–Trinajstić information content (AvgIpc) is 3.37. The second-order valence-electron chi connectivity index (χ2n) is 7.65. The van der Waals surface area contributed by atoms with Crippen molar-refractivity contribution in [1.29, 1.82) is 0 Å². The molecule has 0 aromatic rings. The van der Waals surface area contributed by atoms with Gasteiger partial charge in [-0.25, -0.2) is 9.78 Å². The zero-order valence-corrected chi connectivity index (χ0v) is 23.1. The fraction of sp³-hybridized carbons (Fsp3) is 0.688. The number of ketones is 1. The van der Waals surface area contributed by atoms with E-state index < -0.39 is 12.0 Å². The molecule has 0 saturated heterocycles. The average molecular weight is 695 g/mol. The Kier molecular flexibility index (Phi) is 25.9. The summed E-state index contributed by atoms with van der Waals surface area (Å²) in [7, 11) is 1.08. The fourth-order valence-corrected chi connectivity index (χ4v) is 2.59. The van der Waals surface area contributed by atoms with Crippen LogP contribution in [0, 0.1) is 5.41 Å². The molecule has 1 heterocycles. The van der Waals surface area contributed by atoms with Crippen molar-refractivity contribution in [2.45, 2.75) is 39.0 Å². The highest BCUT2D eigenvalue weighted by atomic mass is 18.0. The summed E-state index contributed by atoms with van der Waals surface area (Å²) in [4.78, 5) is 44.9. The number of hydrogen-bond acceptors (Lipinski definition) is 29. The van der Waals surface area contributed by atoms with Crippen LogP contribution in [-0.4, -0.2) is 54.5 Å². The quantitative estimate of drug-likeness (QED) is 0.0375. The first-order valence-corrected chi connectivity index (χ1v) is 11.6. The molecule has 1 aliphatic rings. The number of hydrogen-bond donors (Lipinski definition) is 1. The molecule has 1 rings (SSSR count). The van der Waals surface area contributed by atoms with Crippen LogP contribution in [0.1, 0.15) is 39.0 Å². The SMILES string of the molecule is COOOOOOOOOOOOOOOOOOOOOOOOOCC(C)(CO)CC(=O)CCCCCN1C(=O)C=CC1=O. The summed E-state index contributed by atoms with van der Waals surface area (Å²) in [6.07, 6.45) is 4.25. The Bertz CT molecular complexity index is 798. The van der Waals surface area contributed by atoms with Crippen LogP contribution in [0.4, 0.5) is 0 Å². The van der Waals surface area contributed by atoms with E-state index in [4.69, 9.17) is 0 Å². The van der Waals surface area contributed by atoms with Gasteiger partial charge in [-0.1, -0.05) is 13.3 Å². The van der Waals surface area contributed by atoms with Crippen LogP contribution in [0.3, 0.4) is 0 Å². The molecule has 0 spiro atoms. The third-order valence-corrected chi connectivity index (χ3v) is 4.38. The first-order chi connectivity index (χ1) is 22.4. The topological polar surface area (TPSA) is 305 Å². The zero-order chi connectivity index (χ0) is 33.6. The number of aliphatic hydroxyl groups is 1. The van der Waals surface area contributed by atoms with Crippen molar-refractivity contribution < 1.29 is 145 Å². The first kappa shape index (κ1) is 41.5. The molecule has 0 aliphatic carbocycles. The van der Waals surface area contributed by atoms with E-state index in [0.717, 1.165) is 12.0 Å². The third kappa shape index (κ3) is 22.9. The molecule has 1 unspecified atom stereocenters. The van der Waals surface area contributed by atoms with Gasteiger partial charge < -0.3 is 5.11 Å². The Morgan fingerprint density at radius 3 is 1.41 bits per heavy atom. The molecule has 268 valence electrons. The van der Waals surface area contributed by atoms with Crippen molar-refractivity contribution in [2.24, 2.45) is 5.41 Å². The van der Waals surface area contributed by atoms with Crippen LogP contribution < -0.4 is 0 Å². The van der Waals surface area contributed by atoms with Crippen LogP contribution in [0.2, 0.25) is 0 Å². The van der Waals surface area contributed by atoms with E-state index in [0.29, 0.717) is 19.3 Å². The van der Waals surface area contributed by atoms with Gasteiger partial charge in [0.25, 0.3) is 11.8 Å². The van der Waals surface area contributed by atoms with E-state index in [1.54, 1.807) is 6.92 Å². The molecule has 30 nitrogen and oxygen atoms in total. The van der Waals surface area contributed by atoms with Gasteiger partial charge in [-0.2, -0.15) is 0 Å². The maximum absolute atomic E-state index is 12.2. The molecule has 0 aromatic carbocycles. The van der Waals surface area contributed by atoms with Crippen LogP contribution in [0.15, 0.2) is 12.2 Å². The lowest BCUT2D eigenvalue weighted by Gasteiger charge is -2.24. The summed E-state index contributed by atoms with van der Waals surface area (Å²) >= 11 is 0. The molecular formula is C16H25NO29. The number of carbonyl (C=O) groups is 3. The van der Waals surface area contributed by atoms with Crippen LogP contribution in [-0.2, 0) is 140 Å². The van der Waals surface area contributed by atoms with Crippen molar-refractivity contribution in [3.8, 4) is 0 Å². The van der Waals surface area contributed by atoms with Gasteiger partial charge >= 0.3 is 0 Å². The standard InChI is InChI=1S/C16H25NO29/c1-16(11-18,10-13(19)6-4-3-5-9-17-14(20)7-8-15(17)21)12-23-25-27-29-31-33-35-37-39-41-43-45-46-44-42-40-38-36-34-32-30-28-26-24-22-2/h7-8,18H,3-6,9-12H2,1-2H3. The summed E-state index contributed by atoms with van der Waals surface area (Å²) in [5, 5.41) is 93.4. The van der Waals surface area contributed by atoms with E-state index >= 15 is 0 Å². The first-order valence-electron chi connectivity index (χ1n) is 11.6. The van der Waals surface area contributed by atoms with Gasteiger partial charge in [0, 0.05) is 72.2 Å². The van der Waals surface area contributed by atoms with E-state index in [2.05, 4.69) is 126 Å². The highest BCUT2D eigenvalue weighted by Crippen LogP contribution is 2.23. The monoisotopic (exact) mass is 695 g/mol. The molecule has 1 N–H and O–H groups in total. The van der Waals surface area contributed by atoms with E-state index in [-0.39, 0.29) is 43.6 Å². The van der Waals surface area contributed by atoms with Crippen molar-refractivity contribution >= 4 is 17.6 Å². The predicted octanol–water partition coefficient (Wildman–Crippen LogP) is -0.566. The molecule has 30 heteroatoms. The van der Waals surface area contributed by atoms with E-state index in [1.807, 2.05) is 0 Å². The molecule has 2 amide bonds. The van der Waals surface area contributed by atoms with Gasteiger partial charge in [-0.05, 0) is 93.5 Å². The lowest BCUT2D eigenvalue weighted by Crippen LogP contribution is -2.31. The van der Waals surface area contributed by atoms with Gasteiger partial charge in [0.15, 0.2) is 0 Å². The van der Waals surface area contributed by atoms with Gasteiger partial charge in [0.05, 0.1) is 20.3 Å². The number of amides is 2. The Balaban J connectivity index is 1.83. The molecule has 0 fully saturated rings. The second-order valence-corrected chi connectivity index (χ2v) is 7.65. The summed E-state index contributed by atoms with van der Waals surface area (Å²) in [6.45, 7) is 1.07. The van der Waals surface area contributed by atoms with E-state index in [1.165, 1.54) is 12.2 Å². The molecule has 0 radical (unpaired) electrons. The Morgan fingerprint density at radius 1 is 0.630 bits per heavy atom. The summed E-state index contributed by atoms with van der Waals surface area (Å²) in [6, 6.07) is 0. The smallest absolute Gasteiger partial charge is 0.253 e. The third-order valence-electron chi connectivity index (χ3n) is 4.38. The molecule has 1 aliphatic heterocycles. The number of imide groups is 1. The van der Waals surface area contributed by atoms with Crippen LogP contribution in [0.5, 0.6) is 0 Å². The largest absolute Gasteiger partial charge is 0.396 e. The van der Waals surface area contributed by atoms with Gasteiger partial charge in [-0.3, -0.25) is 19.3 Å². The number of aliphatic hydroxyl groups excluding tert-OH is 1. The Labute approximate surface area is 252 Å². The van der Waals surface area contributed by atoms with Crippen LogP contribution >= 0.6 is 0 Å². The predicted molar refractivity (Wildman–Crippen MR) is 107 cm³/mol. The molecule has 0 bridgehead atoms. The maximum Gasteiger partial charge on any atom is 0.253 e. The van der Waals surface area contributed by atoms with Crippen molar-refractivity contribution in [2.75, 3.05) is 26.9 Å². The number of carbonyl (C=O) groups excluding carboxylic acids is 3. The summed E-state index contributed by atoms with van der Waals surface area (Å²) < 4.78 is 0. The van der Waals surface area contributed by atoms with E-state index in [9.17, 15) is 19.5 Å². The van der Waals surface area contributed by atoms with Crippen molar-refractivity contribution in [1.82, 2.24) is 4.90 Å².